The molecule has 4 heteroatoms. The maximum absolute atomic E-state index is 4.71. The molecule has 3 rings (SSSR count). The second-order valence-electron chi connectivity index (χ2n) is 6.26. The summed E-state index contributed by atoms with van der Waals surface area (Å²) < 4.78 is 2.11. The summed E-state index contributed by atoms with van der Waals surface area (Å²) in [6.45, 7) is 9.03. The predicted molar refractivity (Wildman–Crippen MR) is 86.3 cm³/mol. The number of pyridine rings is 1. The summed E-state index contributed by atoms with van der Waals surface area (Å²) >= 11 is 0. The number of fused-ring (bicyclic) bond motifs is 1. The molecule has 0 spiro atoms. The zero-order valence-corrected chi connectivity index (χ0v) is 13.1. The fraction of sp³-hybridized carbons (Fsp3) is 0.588. The molecule has 1 aliphatic heterocycles. The van der Waals surface area contributed by atoms with E-state index in [1.807, 2.05) is 12.1 Å². The molecule has 0 amide bonds. The zero-order chi connectivity index (χ0) is 14.7. The van der Waals surface area contributed by atoms with Crippen LogP contribution in [0, 0.1) is 5.92 Å². The van der Waals surface area contributed by atoms with Crippen molar-refractivity contribution in [3.63, 3.8) is 0 Å². The molecule has 2 unspecified atom stereocenters. The van der Waals surface area contributed by atoms with Gasteiger partial charge in [0.25, 0.3) is 0 Å². The van der Waals surface area contributed by atoms with Crippen LogP contribution in [-0.2, 0) is 6.54 Å². The lowest BCUT2D eigenvalue weighted by Crippen LogP contribution is -2.48. The Labute approximate surface area is 127 Å². The second-order valence-corrected chi connectivity index (χ2v) is 6.26. The molecule has 0 aromatic carbocycles. The first-order valence-electron chi connectivity index (χ1n) is 8.14. The number of likely N-dealkylation sites (tertiary alicyclic amines) is 1. The van der Waals surface area contributed by atoms with Crippen molar-refractivity contribution in [1.82, 2.24) is 19.6 Å². The van der Waals surface area contributed by atoms with Crippen molar-refractivity contribution in [2.45, 2.75) is 39.3 Å². The molecule has 0 bridgehead atoms. The Hall–Kier alpha value is -1.39. The normalized spacial score (nSPS) is 23.7. The van der Waals surface area contributed by atoms with Crippen LogP contribution in [0.25, 0.3) is 5.65 Å². The maximum Gasteiger partial charge on any atom is 0.137 e. The van der Waals surface area contributed by atoms with Crippen LogP contribution in [-0.4, -0.2) is 40.0 Å². The first kappa shape index (κ1) is 14.5. The van der Waals surface area contributed by atoms with E-state index in [0.29, 0.717) is 12.0 Å². The van der Waals surface area contributed by atoms with Crippen molar-refractivity contribution >= 4 is 5.65 Å². The summed E-state index contributed by atoms with van der Waals surface area (Å²) in [4.78, 5) is 7.24. The zero-order valence-electron chi connectivity index (χ0n) is 13.1. The summed E-state index contributed by atoms with van der Waals surface area (Å²) in [7, 11) is 0. The van der Waals surface area contributed by atoms with E-state index in [2.05, 4.69) is 46.9 Å². The van der Waals surface area contributed by atoms with Gasteiger partial charge in [-0.1, -0.05) is 19.9 Å². The molecule has 0 saturated carbocycles. The lowest BCUT2D eigenvalue weighted by atomic mass is 9.93. The van der Waals surface area contributed by atoms with Crippen LogP contribution in [0.2, 0.25) is 0 Å². The minimum atomic E-state index is 0.683. The molecule has 1 aliphatic rings. The van der Waals surface area contributed by atoms with Crippen LogP contribution < -0.4 is 5.32 Å². The number of hydrogen-bond acceptors (Lipinski definition) is 3. The molecule has 2 aromatic heterocycles. The lowest BCUT2D eigenvalue weighted by Gasteiger charge is -2.37. The van der Waals surface area contributed by atoms with Gasteiger partial charge in [0.2, 0.25) is 0 Å². The van der Waals surface area contributed by atoms with Crippen LogP contribution >= 0.6 is 0 Å². The highest BCUT2D eigenvalue weighted by molar-refractivity contribution is 5.39. The van der Waals surface area contributed by atoms with Crippen molar-refractivity contribution in [2.75, 3.05) is 19.6 Å². The number of rotatable bonds is 5. The smallest absolute Gasteiger partial charge is 0.137 e. The molecule has 21 heavy (non-hydrogen) atoms. The average molecular weight is 286 g/mol. The Morgan fingerprint density at radius 1 is 1.38 bits per heavy atom. The number of piperidine rings is 1. The minimum Gasteiger partial charge on any atom is -0.314 e. The standard InChI is InChI=1S/C17H26N4/c1-3-8-18-16-7-10-20(11-14(16)2)12-15-13-21-9-5-4-6-17(21)19-15/h4-6,9,13-14,16,18H,3,7-8,10-12H2,1-2H3. The Bertz CT molecular complexity index is 544. The maximum atomic E-state index is 4.71. The van der Waals surface area contributed by atoms with Gasteiger partial charge in [-0.05, 0) is 37.4 Å². The van der Waals surface area contributed by atoms with Crippen molar-refractivity contribution in [3.8, 4) is 0 Å². The van der Waals surface area contributed by atoms with E-state index in [4.69, 9.17) is 4.98 Å². The minimum absolute atomic E-state index is 0.683. The summed E-state index contributed by atoms with van der Waals surface area (Å²) in [6.07, 6.45) is 6.68. The molecule has 1 saturated heterocycles. The SMILES string of the molecule is CCCNC1CCN(Cc2cn3ccccc3n2)CC1C. The van der Waals surface area contributed by atoms with Gasteiger partial charge in [-0.3, -0.25) is 4.90 Å². The molecular weight excluding hydrogens is 260 g/mol. The van der Waals surface area contributed by atoms with Crippen LogP contribution in [0.15, 0.2) is 30.6 Å². The molecule has 3 heterocycles. The quantitative estimate of drug-likeness (QED) is 0.917. The topological polar surface area (TPSA) is 32.6 Å². The highest BCUT2D eigenvalue weighted by Crippen LogP contribution is 2.19. The predicted octanol–water partition coefficient (Wildman–Crippen LogP) is 2.54. The monoisotopic (exact) mass is 286 g/mol. The highest BCUT2D eigenvalue weighted by atomic mass is 15.2. The van der Waals surface area contributed by atoms with Crippen LogP contribution in [0.3, 0.4) is 0 Å². The van der Waals surface area contributed by atoms with Crippen molar-refractivity contribution in [1.29, 1.82) is 0 Å². The first-order valence-corrected chi connectivity index (χ1v) is 8.14. The summed E-state index contributed by atoms with van der Waals surface area (Å²) in [5, 5.41) is 3.68. The van der Waals surface area contributed by atoms with Gasteiger partial charge in [0.15, 0.2) is 0 Å². The van der Waals surface area contributed by atoms with Crippen molar-refractivity contribution in [2.24, 2.45) is 5.92 Å². The number of imidazole rings is 1. The number of nitrogens with zero attached hydrogens (tertiary/aromatic N) is 3. The Balaban J connectivity index is 1.59. The third-order valence-corrected chi connectivity index (χ3v) is 4.45. The molecule has 2 aromatic rings. The Morgan fingerprint density at radius 3 is 3.05 bits per heavy atom. The van der Waals surface area contributed by atoms with Crippen LogP contribution in [0.5, 0.6) is 0 Å². The Morgan fingerprint density at radius 2 is 2.29 bits per heavy atom. The van der Waals surface area contributed by atoms with Gasteiger partial charge < -0.3 is 9.72 Å². The van der Waals surface area contributed by atoms with Crippen LogP contribution in [0.1, 0.15) is 32.4 Å². The van der Waals surface area contributed by atoms with Crippen molar-refractivity contribution < 1.29 is 0 Å². The van der Waals surface area contributed by atoms with Crippen molar-refractivity contribution in [3.05, 3.63) is 36.3 Å². The van der Waals surface area contributed by atoms with Gasteiger partial charge in [0.1, 0.15) is 5.65 Å². The van der Waals surface area contributed by atoms with E-state index < -0.39 is 0 Å². The second kappa shape index (κ2) is 6.58. The van der Waals surface area contributed by atoms with E-state index in [1.165, 1.54) is 25.1 Å². The largest absolute Gasteiger partial charge is 0.314 e. The first-order chi connectivity index (χ1) is 10.3. The Kier molecular flexibility index (Phi) is 4.56. The third-order valence-electron chi connectivity index (χ3n) is 4.45. The molecule has 2 atom stereocenters. The number of aromatic nitrogens is 2. The highest BCUT2D eigenvalue weighted by Gasteiger charge is 2.25. The van der Waals surface area contributed by atoms with Gasteiger partial charge in [0, 0.05) is 38.1 Å². The molecule has 1 N–H and O–H groups in total. The number of hydrogen-bond donors (Lipinski definition) is 1. The van der Waals surface area contributed by atoms with Crippen LogP contribution in [0.4, 0.5) is 0 Å². The van der Waals surface area contributed by atoms with Gasteiger partial charge in [-0.2, -0.15) is 0 Å². The van der Waals surface area contributed by atoms with E-state index in [1.54, 1.807) is 0 Å². The van der Waals surface area contributed by atoms with Gasteiger partial charge in [-0.15, -0.1) is 0 Å². The van der Waals surface area contributed by atoms with E-state index in [-0.39, 0.29) is 0 Å². The summed E-state index contributed by atoms with van der Waals surface area (Å²) in [5.74, 6) is 0.710. The molecule has 0 radical (unpaired) electrons. The molecular formula is C17H26N4. The number of nitrogens with one attached hydrogen (secondary N) is 1. The molecule has 0 aliphatic carbocycles. The van der Waals surface area contributed by atoms with Gasteiger partial charge >= 0.3 is 0 Å². The average Bonchev–Trinajstić information content (AvgIpc) is 2.88. The van der Waals surface area contributed by atoms with Gasteiger partial charge in [0.05, 0.1) is 5.69 Å². The molecule has 1 fully saturated rings. The lowest BCUT2D eigenvalue weighted by molar-refractivity contribution is 0.140. The fourth-order valence-corrected chi connectivity index (χ4v) is 3.30. The molecule has 114 valence electrons. The van der Waals surface area contributed by atoms with E-state index in [0.717, 1.165) is 25.3 Å². The van der Waals surface area contributed by atoms with Gasteiger partial charge in [-0.25, -0.2) is 4.98 Å². The summed E-state index contributed by atoms with van der Waals surface area (Å²) in [6, 6.07) is 6.83. The van der Waals surface area contributed by atoms with E-state index >= 15 is 0 Å². The van der Waals surface area contributed by atoms with E-state index in [9.17, 15) is 0 Å². The molecule has 4 nitrogen and oxygen atoms in total. The third kappa shape index (κ3) is 3.44. The fourth-order valence-electron chi connectivity index (χ4n) is 3.30. The summed E-state index contributed by atoms with van der Waals surface area (Å²) in [5.41, 5.74) is 2.22.